The van der Waals surface area contributed by atoms with Gasteiger partial charge >= 0.3 is 0 Å². The molecule has 1 saturated heterocycles. The molecular weight excluding hydrogens is 210 g/mol. The molecule has 1 aliphatic heterocycles. The van der Waals surface area contributed by atoms with Gasteiger partial charge in [0.1, 0.15) is 0 Å². The van der Waals surface area contributed by atoms with E-state index >= 15 is 0 Å². The third kappa shape index (κ3) is 2.91. The fraction of sp³-hybridized carbons (Fsp3) is 0.571. The predicted molar refractivity (Wildman–Crippen MR) is 74.3 cm³/mol. The predicted octanol–water partition coefficient (Wildman–Crippen LogP) is 2.47. The highest BCUT2D eigenvalue weighted by Crippen LogP contribution is 2.24. The number of likely N-dealkylation sites (tertiary alicyclic amines) is 1. The quantitative estimate of drug-likeness (QED) is 0.771. The first-order valence-electron chi connectivity index (χ1n) is 6.39. The molecule has 1 fully saturated rings. The van der Waals surface area contributed by atoms with Gasteiger partial charge in [-0.15, -0.1) is 0 Å². The second kappa shape index (κ2) is 4.96. The minimum Gasteiger partial charge on any atom is -0.397 e. The smallest absolute Gasteiger partial charge is 0.0578 e. The maximum Gasteiger partial charge on any atom is 0.0578 e. The Morgan fingerprint density at radius 3 is 2.88 bits per heavy atom. The van der Waals surface area contributed by atoms with Crippen LogP contribution in [-0.4, -0.2) is 30.6 Å². The number of nitrogen functional groups attached to an aromatic ring is 1. The topological polar surface area (TPSA) is 41.3 Å². The minimum atomic E-state index is 0.547. The van der Waals surface area contributed by atoms with Gasteiger partial charge in [-0.1, -0.05) is 6.07 Å². The fourth-order valence-corrected chi connectivity index (χ4v) is 2.44. The molecule has 3 heteroatoms. The number of anilines is 2. The second-order valence-electron chi connectivity index (χ2n) is 5.29. The number of rotatable bonds is 2. The summed E-state index contributed by atoms with van der Waals surface area (Å²) in [5.41, 5.74) is 9.19. The molecule has 3 nitrogen and oxygen atoms in total. The van der Waals surface area contributed by atoms with E-state index in [1.165, 1.54) is 18.4 Å². The van der Waals surface area contributed by atoms with Crippen LogP contribution in [0.5, 0.6) is 0 Å². The number of nitrogens with one attached hydrogen (secondary N) is 1. The van der Waals surface area contributed by atoms with Crippen LogP contribution < -0.4 is 11.1 Å². The molecule has 0 bridgehead atoms. The third-order valence-corrected chi connectivity index (χ3v) is 3.78. The van der Waals surface area contributed by atoms with E-state index in [4.69, 9.17) is 5.73 Å². The molecule has 0 aromatic heterocycles. The molecular formula is C14H23N3. The molecule has 2 atom stereocenters. The molecule has 17 heavy (non-hydrogen) atoms. The summed E-state index contributed by atoms with van der Waals surface area (Å²) in [5, 5.41) is 3.59. The number of nitrogens with zero attached hydrogens (tertiary/aromatic N) is 1. The van der Waals surface area contributed by atoms with Crippen molar-refractivity contribution in [3.05, 3.63) is 23.8 Å². The van der Waals surface area contributed by atoms with Gasteiger partial charge in [0.2, 0.25) is 0 Å². The Balaban J connectivity index is 2.03. The highest BCUT2D eigenvalue weighted by atomic mass is 15.1. The third-order valence-electron chi connectivity index (χ3n) is 3.78. The molecule has 0 aliphatic carbocycles. The van der Waals surface area contributed by atoms with Crippen LogP contribution in [0.1, 0.15) is 25.3 Å². The average Bonchev–Trinajstić information content (AvgIpc) is 2.29. The normalized spacial score (nSPS) is 25.8. The van der Waals surface area contributed by atoms with Gasteiger partial charge < -0.3 is 16.0 Å². The molecule has 94 valence electrons. The van der Waals surface area contributed by atoms with Crippen LogP contribution in [0.15, 0.2) is 18.2 Å². The SMILES string of the molecule is Cc1ccc(N)c(NC2CCN(C)C(C)C2)c1. The number of aryl methyl sites for hydroxylation is 1. The van der Waals surface area contributed by atoms with E-state index in [-0.39, 0.29) is 0 Å². The first-order chi connectivity index (χ1) is 8.06. The maximum atomic E-state index is 6.00. The van der Waals surface area contributed by atoms with Crippen molar-refractivity contribution in [2.75, 3.05) is 24.6 Å². The van der Waals surface area contributed by atoms with Gasteiger partial charge in [-0.05, 0) is 51.4 Å². The summed E-state index contributed by atoms with van der Waals surface area (Å²) in [6.07, 6.45) is 2.37. The van der Waals surface area contributed by atoms with Gasteiger partial charge in [-0.25, -0.2) is 0 Å². The molecule has 0 amide bonds. The van der Waals surface area contributed by atoms with E-state index in [1.54, 1.807) is 0 Å². The van der Waals surface area contributed by atoms with Crippen LogP contribution in [-0.2, 0) is 0 Å². The van der Waals surface area contributed by atoms with Gasteiger partial charge in [-0.2, -0.15) is 0 Å². The zero-order valence-corrected chi connectivity index (χ0v) is 11.0. The lowest BCUT2D eigenvalue weighted by molar-refractivity contribution is 0.190. The van der Waals surface area contributed by atoms with Crippen LogP contribution in [0, 0.1) is 6.92 Å². The Kier molecular flexibility index (Phi) is 3.57. The largest absolute Gasteiger partial charge is 0.397 e. The first-order valence-corrected chi connectivity index (χ1v) is 6.39. The van der Waals surface area contributed by atoms with E-state index in [0.29, 0.717) is 12.1 Å². The Hall–Kier alpha value is -1.22. The minimum absolute atomic E-state index is 0.547. The first kappa shape index (κ1) is 12.2. The molecule has 1 aromatic rings. The van der Waals surface area contributed by atoms with Gasteiger partial charge in [0.15, 0.2) is 0 Å². The average molecular weight is 233 g/mol. The second-order valence-corrected chi connectivity index (χ2v) is 5.29. The van der Waals surface area contributed by atoms with Crippen molar-refractivity contribution in [3.63, 3.8) is 0 Å². The monoisotopic (exact) mass is 233 g/mol. The summed E-state index contributed by atoms with van der Waals surface area (Å²) < 4.78 is 0. The molecule has 0 radical (unpaired) electrons. The Bertz CT molecular complexity index is 389. The summed E-state index contributed by atoms with van der Waals surface area (Å²) in [6.45, 7) is 5.54. The van der Waals surface area contributed by atoms with E-state index in [9.17, 15) is 0 Å². The van der Waals surface area contributed by atoms with Crippen LogP contribution in [0.2, 0.25) is 0 Å². The zero-order valence-electron chi connectivity index (χ0n) is 11.0. The Morgan fingerprint density at radius 1 is 1.41 bits per heavy atom. The van der Waals surface area contributed by atoms with E-state index in [1.807, 2.05) is 6.07 Å². The fourth-order valence-electron chi connectivity index (χ4n) is 2.44. The summed E-state index contributed by atoms with van der Waals surface area (Å²) >= 11 is 0. The van der Waals surface area contributed by atoms with Crippen molar-refractivity contribution in [2.24, 2.45) is 0 Å². The number of piperidine rings is 1. The lowest BCUT2D eigenvalue weighted by atomic mass is 9.98. The van der Waals surface area contributed by atoms with Crippen LogP contribution >= 0.6 is 0 Å². The van der Waals surface area contributed by atoms with Crippen LogP contribution in [0.25, 0.3) is 0 Å². The van der Waals surface area contributed by atoms with Gasteiger partial charge in [-0.3, -0.25) is 0 Å². The molecule has 1 aromatic carbocycles. The number of benzene rings is 1. The highest BCUT2D eigenvalue weighted by molar-refractivity contribution is 5.67. The van der Waals surface area contributed by atoms with Crippen molar-refractivity contribution < 1.29 is 0 Å². The van der Waals surface area contributed by atoms with Crippen molar-refractivity contribution in [3.8, 4) is 0 Å². The van der Waals surface area contributed by atoms with E-state index in [0.717, 1.165) is 17.9 Å². The zero-order chi connectivity index (χ0) is 12.4. The lowest BCUT2D eigenvalue weighted by Gasteiger charge is -2.36. The molecule has 0 spiro atoms. The van der Waals surface area contributed by atoms with Crippen LogP contribution in [0.3, 0.4) is 0 Å². The lowest BCUT2D eigenvalue weighted by Crippen LogP contribution is -2.42. The molecule has 1 heterocycles. The Labute approximate surface area is 104 Å². The van der Waals surface area contributed by atoms with E-state index in [2.05, 4.69) is 43.2 Å². The van der Waals surface area contributed by atoms with Crippen molar-refractivity contribution in [2.45, 2.75) is 38.8 Å². The van der Waals surface area contributed by atoms with Gasteiger partial charge in [0.05, 0.1) is 11.4 Å². The number of hydrogen-bond acceptors (Lipinski definition) is 3. The molecule has 0 saturated carbocycles. The molecule has 3 N–H and O–H groups in total. The molecule has 1 aliphatic rings. The van der Waals surface area contributed by atoms with Crippen molar-refractivity contribution in [1.29, 1.82) is 0 Å². The molecule has 2 rings (SSSR count). The number of nitrogens with two attached hydrogens (primary N) is 1. The van der Waals surface area contributed by atoms with Crippen molar-refractivity contribution >= 4 is 11.4 Å². The molecule has 2 unspecified atom stereocenters. The summed E-state index contributed by atoms with van der Waals surface area (Å²) in [4.78, 5) is 2.41. The van der Waals surface area contributed by atoms with Gasteiger partial charge in [0.25, 0.3) is 0 Å². The summed E-state index contributed by atoms with van der Waals surface area (Å²) in [5.74, 6) is 0. The Morgan fingerprint density at radius 2 is 2.18 bits per heavy atom. The standard InChI is InChI=1S/C14H23N3/c1-10-4-5-13(15)14(8-10)16-12-6-7-17(3)11(2)9-12/h4-5,8,11-12,16H,6-7,9,15H2,1-3H3. The summed E-state index contributed by atoms with van der Waals surface area (Å²) in [6, 6.07) is 7.36. The van der Waals surface area contributed by atoms with E-state index < -0.39 is 0 Å². The number of hydrogen-bond donors (Lipinski definition) is 2. The van der Waals surface area contributed by atoms with Crippen LogP contribution in [0.4, 0.5) is 11.4 Å². The highest BCUT2D eigenvalue weighted by Gasteiger charge is 2.22. The van der Waals surface area contributed by atoms with Gasteiger partial charge in [0, 0.05) is 18.6 Å². The van der Waals surface area contributed by atoms with Crippen molar-refractivity contribution in [1.82, 2.24) is 4.90 Å². The maximum absolute atomic E-state index is 6.00. The summed E-state index contributed by atoms with van der Waals surface area (Å²) in [7, 11) is 2.20.